The summed E-state index contributed by atoms with van der Waals surface area (Å²) in [7, 11) is 3.80. The molecule has 0 spiro atoms. The summed E-state index contributed by atoms with van der Waals surface area (Å²) in [6.07, 6.45) is -0.247. The van der Waals surface area contributed by atoms with Crippen LogP contribution in [0.4, 0.5) is 0 Å². The molecule has 5 N–H and O–H groups in total. The number of carbonyl (C=O) groups excluding carboxylic acids is 6. The minimum Gasteiger partial charge on any atom is -0.507 e. The van der Waals surface area contributed by atoms with Gasteiger partial charge in [-0.15, -0.1) is 0 Å². The molecule has 5 atom stereocenters. The van der Waals surface area contributed by atoms with Gasteiger partial charge in [0.25, 0.3) is 5.91 Å². The number of phenols is 1. The maximum absolute atomic E-state index is 13.8. The Hall–Kier alpha value is -4.22. The molecule has 2 aromatic rings. The molecule has 0 aliphatic heterocycles. The molecule has 0 bridgehead atoms. The molecule has 2 unspecified atom stereocenters. The van der Waals surface area contributed by atoms with E-state index in [-0.39, 0.29) is 30.1 Å². The molecule has 11 nitrogen and oxygen atoms in total. The molecule has 2 amide bonds. The second-order valence-corrected chi connectivity index (χ2v) is 11.4. The van der Waals surface area contributed by atoms with Crippen LogP contribution in [0.2, 0.25) is 0 Å². The first kappa shape index (κ1) is 28.3. The number of aromatic hydroxyl groups is 1. The fourth-order valence-corrected chi connectivity index (χ4v) is 6.56. The Balaban J connectivity index is 1.51. The number of carbonyl (C=O) groups is 6. The van der Waals surface area contributed by atoms with Crippen molar-refractivity contribution in [3.63, 3.8) is 0 Å². The van der Waals surface area contributed by atoms with Gasteiger partial charge in [0, 0.05) is 31.0 Å². The largest absolute Gasteiger partial charge is 0.507 e. The number of hydrogen-bond acceptors (Lipinski definition) is 9. The zero-order valence-electron chi connectivity index (χ0n) is 22.7. The van der Waals surface area contributed by atoms with Gasteiger partial charge in [-0.25, -0.2) is 0 Å². The van der Waals surface area contributed by atoms with Crippen molar-refractivity contribution in [2.75, 3.05) is 27.2 Å². The van der Waals surface area contributed by atoms with Gasteiger partial charge in [-0.2, -0.15) is 0 Å². The van der Waals surface area contributed by atoms with Gasteiger partial charge in [-0.05, 0) is 67.7 Å². The first-order valence-corrected chi connectivity index (χ1v) is 13.4. The Morgan fingerprint density at radius 3 is 2.49 bits per heavy atom. The second kappa shape index (κ2) is 10.3. The van der Waals surface area contributed by atoms with Gasteiger partial charge in [0.15, 0.2) is 34.7 Å². The van der Waals surface area contributed by atoms with Crippen molar-refractivity contribution in [3.8, 4) is 16.9 Å². The minimum atomic E-state index is -2.69. The van der Waals surface area contributed by atoms with Crippen LogP contribution in [-0.4, -0.2) is 82.8 Å². The third kappa shape index (κ3) is 4.54. The Labute approximate surface area is 235 Å². The highest BCUT2D eigenvalue weighted by molar-refractivity contribution is 6.31. The molecule has 2 aromatic carbocycles. The van der Waals surface area contributed by atoms with Crippen molar-refractivity contribution in [1.82, 2.24) is 10.2 Å². The van der Waals surface area contributed by atoms with E-state index in [0.29, 0.717) is 35.3 Å². The molecule has 41 heavy (non-hydrogen) atoms. The van der Waals surface area contributed by atoms with E-state index >= 15 is 0 Å². The van der Waals surface area contributed by atoms with Gasteiger partial charge in [0.1, 0.15) is 5.75 Å². The van der Waals surface area contributed by atoms with Crippen molar-refractivity contribution in [2.45, 2.75) is 24.9 Å². The number of amides is 2. The highest BCUT2D eigenvalue weighted by Crippen LogP contribution is 2.51. The highest BCUT2D eigenvalue weighted by atomic mass is 16.3. The van der Waals surface area contributed by atoms with Gasteiger partial charge < -0.3 is 26.2 Å². The zero-order chi connectivity index (χ0) is 29.8. The lowest BCUT2D eigenvalue weighted by molar-refractivity contribution is -0.175. The number of nitrogens with two attached hydrogens (primary N) is 1. The molecule has 5 rings (SSSR count). The summed E-state index contributed by atoms with van der Waals surface area (Å²) in [5, 5.41) is 24.9. The zero-order valence-corrected chi connectivity index (χ0v) is 22.7. The van der Waals surface area contributed by atoms with E-state index in [1.807, 2.05) is 19.0 Å². The number of aliphatic hydroxyl groups is 1. The number of rotatable bonds is 6. The van der Waals surface area contributed by atoms with Gasteiger partial charge in [-0.3, -0.25) is 28.8 Å². The van der Waals surface area contributed by atoms with Gasteiger partial charge in [-0.1, -0.05) is 18.2 Å². The third-order valence-corrected chi connectivity index (χ3v) is 8.57. The Morgan fingerprint density at radius 2 is 1.80 bits per heavy atom. The summed E-state index contributed by atoms with van der Waals surface area (Å²) < 4.78 is 0. The normalized spacial score (nSPS) is 27.2. The molecule has 214 valence electrons. The number of likely N-dealkylation sites (N-methyl/N-ethyl adjacent to an activating group) is 1. The number of nitrogens with one attached hydrogen (secondary N) is 1. The van der Waals surface area contributed by atoms with Crippen molar-refractivity contribution >= 4 is 34.9 Å². The fourth-order valence-electron chi connectivity index (χ4n) is 6.56. The molecule has 2 saturated carbocycles. The second-order valence-electron chi connectivity index (χ2n) is 11.4. The van der Waals surface area contributed by atoms with E-state index in [4.69, 9.17) is 5.73 Å². The van der Waals surface area contributed by atoms with Crippen LogP contribution in [0.15, 0.2) is 36.4 Å². The summed E-state index contributed by atoms with van der Waals surface area (Å²) in [6.45, 7) is 1.12. The number of Topliss-reactive ketones (excluding diaryl/α,β-unsaturated/α-hetero) is 4. The van der Waals surface area contributed by atoms with E-state index in [1.54, 1.807) is 30.3 Å². The van der Waals surface area contributed by atoms with E-state index < -0.39 is 64.7 Å². The molecular formula is C30H31N3O8. The van der Waals surface area contributed by atoms with Crippen LogP contribution < -0.4 is 11.1 Å². The molecule has 0 saturated heterocycles. The van der Waals surface area contributed by atoms with Crippen LogP contribution in [-0.2, 0) is 25.6 Å². The van der Waals surface area contributed by atoms with Crippen LogP contribution in [0.1, 0.15) is 39.1 Å². The lowest BCUT2D eigenvalue weighted by Gasteiger charge is -2.48. The third-order valence-electron chi connectivity index (χ3n) is 8.57. The maximum Gasteiger partial charge on any atom is 0.251 e. The first-order chi connectivity index (χ1) is 19.4. The summed E-state index contributed by atoms with van der Waals surface area (Å²) in [6, 6.07) is 9.79. The molecule has 2 fully saturated rings. The maximum atomic E-state index is 13.8. The molecular weight excluding hydrogens is 530 g/mol. The summed E-state index contributed by atoms with van der Waals surface area (Å²) in [5.74, 6) is -10.9. The van der Waals surface area contributed by atoms with Crippen molar-refractivity contribution in [3.05, 3.63) is 53.1 Å². The van der Waals surface area contributed by atoms with Gasteiger partial charge >= 0.3 is 0 Å². The number of hydrogen-bond donors (Lipinski definition) is 4. The number of primary amides is 1. The predicted molar refractivity (Wildman–Crippen MR) is 145 cm³/mol. The predicted octanol–water partition coefficient (Wildman–Crippen LogP) is 0.285. The monoisotopic (exact) mass is 561 g/mol. The first-order valence-electron chi connectivity index (χ1n) is 13.4. The Kier molecular flexibility index (Phi) is 7.12. The van der Waals surface area contributed by atoms with E-state index in [9.17, 15) is 39.0 Å². The van der Waals surface area contributed by atoms with Crippen LogP contribution in [0.5, 0.6) is 5.75 Å². The molecule has 0 radical (unpaired) electrons. The Morgan fingerprint density at radius 1 is 1.07 bits per heavy atom. The topological polar surface area (TPSA) is 184 Å². The molecule has 3 aliphatic carbocycles. The smallest absolute Gasteiger partial charge is 0.251 e. The average molecular weight is 562 g/mol. The minimum absolute atomic E-state index is 0.00443. The van der Waals surface area contributed by atoms with Crippen molar-refractivity contribution in [2.24, 2.45) is 29.4 Å². The SMILES string of the molecule is CN(C)CCNC(=O)c1cccc(-c2ccc(O)c3c2C[C@H]2C[C@H]4CC(=O)C(C(N)=O)C(=O)[C@@]4(O)C(=O)C2C3=O)c1. The number of phenolic OH excluding ortho intramolecular Hbond substituents is 1. The lowest BCUT2D eigenvalue weighted by atomic mass is 9.53. The molecule has 0 heterocycles. The number of nitrogens with zero attached hydrogens (tertiary/aromatic N) is 1. The quantitative estimate of drug-likeness (QED) is 0.360. The van der Waals surface area contributed by atoms with E-state index in [1.165, 1.54) is 6.07 Å². The Bertz CT molecular complexity index is 1520. The summed E-state index contributed by atoms with van der Waals surface area (Å²) >= 11 is 0. The molecule has 11 heteroatoms. The number of benzene rings is 2. The van der Waals surface area contributed by atoms with Crippen LogP contribution >= 0.6 is 0 Å². The standard InChI is InChI=1S/C30H31N3O8/c1-33(2)9-8-32-29(40)15-5-3-4-14(10-15)18-6-7-20(34)23-19(18)12-16-11-17-13-21(35)24(28(31)39)27(38)30(17,41)26(37)22(16)25(23)36/h3-7,10,16-17,22,24,34,41H,8-9,11-13H2,1-2H3,(H2,31,39)(H,32,40)/t16-,17+,22?,24?,30+/m1/s1. The molecule has 3 aliphatic rings. The summed E-state index contributed by atoms with van der Waals surface area (Å²) in [4.78, 5) is 79.6. The van der Waals surface area contributed by atoms with Gasteiger partial charge in [0.05, 0.1) is 11.5 Å². The molecule has 0 aromatic heterocycles. The average Bonchev–Trinajstić information content (AvgIpc) is 2.90. The van der Waals surface area contributed by atoms with Gasteiger partial charge in [0.2, 0.25) is 5.91 Å². The lowest BCUT2D eigenvalue weighted by Crippen LogP contribution is -2.68. The number of fused-ring (bicyclic) bond motifs is 3. The summed E-state index contributed by atoms with van der Waals surface area (Å²) in [5.41, 5.74) is 4.53. The van der Waals surface area contributed by atoms with Crippen molar-refractivity contribution < 1.29 is 39.0 Å². The number of ketones is 4. The van der Waals surface area contributed by atoms with Crippen molar-refractivity contribution in [1.29, 1.82) is 0 Å². The van der Waals surface area contributed by atoms with E-state index in [0.717, 1.165) is 0 Å². The van der Waals surface area contributed by atoms with E-state index in [2.05, 4.69) is 5.32 Å². The fraction of sp³-hybridized carbons (Fsp3) is 0.400. The van der Waals surface area contributed by atoms with Crippen LogP contribution in [0.3, 0.4) is 0 Å². The van der Waals surface area contributed by atoms with Crippen LogP contribution in [0.25, 0.3) is 11.1 Å². The highest BCUT2D eigenvalue weighted by Gasteiger charge is 2.66. The van der Waals surface area contributed by atoms with Crippen LogP contribution in [0, 0.1) is 23.7 Å².